The van der Waals surface area contributed by atoms with Crippen LogP contribution in [0.15, 0.2) is 48.5 Å². The monoisotopic (exact) mass is 409 g/mol. The topological polar surface area (TPSA) is 95.1 Å². The number of hydrogen-bond donors (Lipinski definition) is 2. The van der Waals surface area contributed by atoms with E-state index in [0.29, 0.717) is 58.0 Å². The van der Waals surface area contributed by atoms with Crippen LogP contribution in [0.1, 0.15) is 16.8 Å². The Labute approximate surface area is 172 Å². The lowest BCUT2D eigenvalue weighted by atomic mass is 10.2. The van der Waals surface area contributed by atoms with Gasteiger partial charge in [-0.15, -0.1) is 0 Å². The van der Waals surface area contributed by atoms with Crippen LogP contribution in [0.3, 0.4) is 0 Å². The number of nitrogen functional groups attached to an aromatic ring is 1. The number of nitrogens with zero attached hydrogens (tertiary/aromatic N) is 3. The van der Waals surface area contributed by atoms with Crippen LogP contribution < -0.4 is 11.1 Å². The van der Waals surface area contributed by atoms with Gasteiger partial charge in [0.05, 0.1) is 16.7 Å². The van der Waals surface area contributed by atoms with Crippen molar-refractivity contribution in [1.82, 2.24) is 19.9 Å². The summed E-state index contributed by atoms with van der Waals surface area (Å²) in [6, 6.07) is 14.7. The Morgan fingerprint density at radius 1 is 1.17 bits per heavy atom. The zero-order valence-corrected chi connectivity index (χ0v) is 16.6. The molecule has 0 spiro atoms. The fourth-order valence-corrected chi connectivity index (χ4v) is 3.45. The SMILES string of the molecule is COCCCNC(=O)c1c(N)n(-c2cccc(Cl)c2)c2nc3ccccc3nc12. The van der Waals surface area contributed by atoms with Crippen LogP contribution in [0.4, 0.5) is 5.82 Å². The molecule has 3 N–H and O–H groups in total. The summed E-state index contributed by atoms with van der Waals surface area (Å²) in [6.45, 7) is 1.03. The van der Waals surface area contributed by atoms with Gasteiger partial charge >= 0.3 is 0 Å². The van der Waals surface area contributed by atoms with Crippen molar-refractivity contribution in [3.8, 4) is 5.69 Å². The highest BCUT2D eigenvalue weighted by atomic mass is 35.5. The van der Waals surface area contributed by atoms with Crippen molar-refractivity contribution in [1.29, 1.82) is 0 Å². The number of nitrogens with two attached hydrogens (primary N) is 1. The Bertz CT molecular complexity index is 1200. The Morgan fingerprint density at radius 2 is 1.93 bits per heavy atom. The van der Waals surface area contributed by atoms with Crippen molar-refractivity contribution in [3.63, 3.8) is 0 Å². The average Bonchev–Trinajstić information content (AvgIpc) is 3.00. The maximum atomic E-state index is 13.0. The summed E-state index contributed by atoms with van der Waals surface area (Å²) in [7, 11) is 1.62. The van der Waals surface area contributed by atoms with Gasteiger partial charge in [0, 0.05) is 25.3 Å². The third-order valence-electron chi connectivity index (χ3n) is 4.60. The fourth-order valence-electron chi connectivity index (χ4n) is 3.27. The molecule has 0 aliphatic heterocycles. The lowest BCUT2D eigenvalue weighted by molar-refractivity contribution is 0.0951. The van der Waals surface area contributed by atoms with Crippen LogP contribution in [-0.4, -0.2) is 40.7 Å². The molecule has 0 saturated carbocycles. The van der Waals surface area contributed by atoms with Crippen molar-refractivity contribution < 1.29 is 9.53 Å². The molecule has 4 rings (SSSR count). The highest BCUT2D eigenvalue weighted by molar-refractivity contribution is 6.30. The average molecular weight is 410 g/mol. The summed E-state index contributed by atoms with van der Waals surface area (Å²) in [5.74, 6) is -0.0317. The first-order valence-corrected chi connectivity index (χ1v) is 9.57. The number of nitrogens with one attached hydrogen (secondary N) is 1. The highest BCUT2D eigenvalue weighted by Gasteiger charge is 2.24. The Balaban J connectivity index is 1.91. The smallest absolute Gasteiger partial charge is 0.257 e. The quantitative estimate of drug-likeness (QED) is 0.474. The van der Waals surface area contributed by atoms with Gasteiger partial charge in [0.2, 0.25) is 0 Å². The number of carbonyl (C=O) groups is 1. The predicted octanol–water partition coefficient (Wildman–Crippen LogP) is 3.58. The summed E-state index contributed by atoms with van der Waals surface area (Å²) in [5, 5.41) is 3.44. The zero-order valence-electron chi connectivity index (χ0n) is 15.9. The Morgan fingerprint density at radius 3 is 2.66 bits per heavy atom. The van der Waals surface area contributed by atoms with Crippen LogP contribution in [0.5, 0.6) is 0 Å². The van der Waals surface area contributed by atoms with E-state index in [1.165, 1.54) is 0 Å². The molecule has 0 aliphatic carbocycles. The molecule has 2 heterocycles. The number of aromatic nitrogens is 3. The fraction of sp³-hybridized carbons (Fsp3) is 0.190. The van der Waals surface area contributed by atoms with E-state index in [9.17, 15) is 4.79 Å². The molecule has 7 nitrogen and oxygen atoms in total. The van der Waals surface area contributed by atoms with Crippen molar-refractivity contribution in [2.75, 3.05) is 26.0 Å². The van der Waals surface area contributed by atoms with E-state index >= 15 is 0 Å². The van der Waals surface area contributed by atoms with E-state index in [0.717, 1.165) is 0 Å². The first-order chi connectivity index (χ1) is 14.1. The molecular formula is C21H20ClN5O2. The normalized spacial score (nSPS) is 11.2. The standard InChI is InChI=1S/C21H20ClN5O2/c1-29-11-5-10-24-21(28)17-18-20(26-16-9-3-2-8-15(16)25-18)27(19(17)23)14-7-4-6-13(22)12-14/h2-4,6-9,12H,5,10-11,23H2,1H3,(H,24,28). The van der Waals surface area contributed by atoms with Crippen LogP contribution >= 0.6 is 11.6 Å². The van der Waals surface area contributed by atoms with E-state index in [1.807, 2.05) is 36.4 Å². The number of hydrogen-bond acceptors (Lipinski definition) is 5. The van der Waals surface area contributed by atoms with Crippen molar-refractivity contribution in [2.45, 2.75) is 6.42 Å². The van der Waals surface area contributed by atoms with E-state index < -0.39 is 0 Å². The predicted molar refractivity (Wildman–Crippen MR) is 115 cm³/mol. The molecule has 0 aliphatic rings. The van der Waals surface area contributed by atoms with E-state index in [2.05, 4.69) is 5.32 Å². The number of halogens is 1. The van der Waals surface area contributed by atoms with Crippen LogP contribution in [0, 0.1) is 0 Å². The number of ether oxygens (including phenoxy) is 1. The van der Waals surface area contributed by atoms with E-state index in [1.54, 1.807) is 23.8 Å². The first-order valence-electron chi connectivity index (χ1n) is 9.20. The molecule has 8 heteroatoms. The number of amides is 1. The van der Waals surface area contributed by atoms with Crippen LogP contribution in [0.25, 0.3) is 27.9 Å². The molecule has 2 aromatic carbocycles. The van der Waals surface area contributed by atoms with Crippen molar-refractivity contribution in [3.05, 3.63) is 59.1 Å². The molecule has 0 radical (unpaired) electrons. The molecule has 29 heavy (non-hydrogen) atoms. The van der Waals surface area contributed by atoms with Crippen LogP contribution in [-0.2, 0) is 4.74 Å². The molecule has 0 atom stereocenters. The third kappa shape index (κ3) is 3.62. The number of para-hydroxylation sites is 2. The minimum Gasteiger partial charge on any atom is -0.385 e. The lowest BCUT2D eigenvalue weighted by Gasteiger charge is -2.08. The maximum Gasteiger partial charge on any atom is 0.257 e. The highest BCUT2D eigenvalue weighted by Crippen LogP contribution is 2.31. The van der Waals surface area contributed by atoms with Crippen molar-refractivity contribution >= 4 is 45.5 Å². The Hall–Kier alpha value is -3.16. The number of fused-ring (bicyclic) bond motifs is 2. The molecule has 148 valence electrons. The van der Waals surface area contributed by atoms with E-state index in [4.69, 9.17) is 32.0 Å². The molecule has 0 fully saturated rings. The first kappa shape index (κ1) is 19.2. The summed E-state index contributed by atoms with van der Waals surface area (Å²) in [5.41, 5.74) is 9.82. The second-order valence-corrected chi connectivity index (χ2v) is 7.00. The zero-order chi connectivity index (χ0) is 20.4. The van der Waals surface area contributed by atoms with E-state index in [-0.39, 0.29) is 11.7 Å². The summed E-state index contributed by atoms with van der Waals surface area (Å²) >= 11 is 6.18. The van der Waals surface area contributed by atoms with Gasteiger partial charge in [-0.2, -0.15) is 0 Å². The van der Waals surface area contributed by atoms with Gasteiger partial charge in [-0.1, -0.05) is 29.8 Å². The second-order valence-electron chi connectivity index (χ2n) is 6.56. The summed E-state index contributed by atoms with van der Waals surface area (Å²) in [6.07, 6.45) is 0.698. The van der Waals surface area contributed by atoms with Gasteiger partial charge in [-0.05, 0) is 36.8 Å². The number of anilines is 1. The van der Waals surface area contributed by atoms with Gasteiger partial charge in [0.25, 0.3) is 5.91 Å². The second kappa shape index (κ2) is 8.06. The van der Waals surface area contributed by atoms with Gasteiger partial charge in [-0.3, -0.25) is 9.36 Å². The number of rotatable bonds is 6. The van der Waals surface area contributed by atoms with Gasteiger partial charge in [0.1, 0.15) is 16.9 Å². The molecule has 0 bridgehead atoms. The molecule has 0 unspecified atom stereocenters. The number of methoxy groups -OCH3 is 1. The molecule has 1 amide bonds. The largest absolute Gasteiger partial charge is 0.385 e. The van der Waals surface area contributed by atoms with Crippen LogP contribution in [0.2, 0.25) is 5.02 Å². The van der Waals surface area contributed by atoms with Gasteiger partial charge in [0.15, 0.2) is 5.65 Å². The molecular weight excluding hydrogens is 390 g/mol. The molecule has 2 aromatic heterocycles. The molecule has 0 saturated heterocycles. The number of carbonyl (C=O) groups excluding carboxylic acids is 1. The summed E-state index contributed by atoms with van der Waals surface area (Å²) in [4.78, 5) is 22.4. The lowest BCUT2D eigenvalue weighted by Crippen LogP contribution is -2.26. The van der Waals surface area contributed by atoms with Crippen molar-refractivity contribution in [2.24, 2.45) is 0 Å². The minimum absolute atomic E-state index is 0.266. The molecule has 4 aromatic rings. The minimum atomic E-state index is -0.297. The maximum absolute atomic E-state index is 13.0. The van der Waals surface area contributed by atoms with Gasteiger partial charge < -0.3 is 15.8 Å². The summed E-state index contributed by atoms with van der Waals surface area (Å²) < 4.78 is 6.74. The third-order valence-corrected chi connectivity index (χ3v) is 4.84. The van der Waals surface area contributed by atoms with Gasteiger partial charge in [-0.25, -0.2) is 9.97 Å². The number of benzene rings is 2. The Kier molecular flexibility index (Phi) is 5.33.